The maximum absolute atomic E-state index is 12.6. The Hall–Kier alpha value is -1.14. The summed E-state index contributed by atoms with van der Waals surface area (Å²) in [6.07, 6.45) is 6.56. The van der Waals surface area contributed by atoms with Crippen LogP contribution >= 0.6 is 11.3 Å². The van der Waals surface area contributed by atoms with Crippen molar-refractivity contribution in [3.8, 4) is 5.88 Å². The summed E-state index contributed by atoms with van der Waals surface area (Å²) >= 11 is 1.47. The Kier molecular flexibility index (Phi) is 4.75. The molecule has 2 atom stereocenters. The molecule has 2 heterocycles. The van der Waals surface area contributed by atoms with Crippen molar-refractivity contribution in [2.75, 3.05) is 13.2 Å². The van der Waals surface area contributed by atoms with Gasteiger partial charge in [0.2, 0.25) is 11.8 Å². The second kappa shape index (κ2) is 6.75. The van der Waals surface area contributed by atoms with Crippen molar-refractivity contribution in [1.82, 2.24) is 10.3 Å². The van der Waals surface area contributed by atoms with Crippen molar-refractivity contribution >= 4 is 17.2 Å². The van der Waals surface area contributed by atoms with Crippen LogP contribution in [-0.2, 0) is 4.79 Å². The molecule has 0 spiro atoms. The van der Waals surface area contributed by atoms with Crippen LogP contribution < -0.4 is 10.1 Å². The molecule has 1 amide bonds. The van der Waals surface area contributed by atoms with Gasteiger partial charge in [0.05, 0.1) is 35.6 Å². The predicted molar refractivity (Wildman–Crippen MR) is 80.6 cm³/mol. The first-order chi connectivity index (χ1) is 10.3. The molecule has 0 bridgehead atoms. The van der Waals surface area contributed by atoms with Crippen LogP contribution in [0.15, 0.2) is 5.51 Å². The molecule has 1 saturated carbocycles. The molecule has 116 valence electrons. The Bertz CT molecular complexity index is 485. The molecule has 6 heteroatoms. The summed E-state index contributed by atoms with van der Waals surface area (Å²) in [6, 6.07) is -0.114. The number of aliphatic hydroxyl groups excluding tert-OH is 1. The van der Waals surface area contributed by atoms with Crippen molar-refractivity contribution in [2.45, 2.75) is 50.5 Å². The van der Waals surface area contributed by atoms with E-state index in [4.69, 9.17) is 4.74 Å². The number of carbonyl (C=O) groups is 1. The van der Waals surface area contributed by atoms with Gasteiger partial charge in [-0.15, -0.1) is 11.3 Å². The van der Waals surface area contributed by atoms with Gasteiger partial charge in [0.15, 0.2) is 0 Å². The summed E-state index contributed by atoms with van der Waals surface area (Å²) in [5.41, 5.74) is 1.72. The number of nitrogens with one attached hydrogen (secondary N) is 1. The first kappa shape index (κ1) is 14.8. The van der Waals surface area contributed by atoms with Gasteiger partial charge in [0, 0.05) is 0 Å². The van der Waals surface area contributed by atoms with E-state index in [1.807, 2.05) is 0 Å². The van der Waals surface area contributed by atoms with Gasteiger partial charge in [-0.25, -0.2) is 4.98 Å². The normalized spacial score (nSPS) is 24.0. The zero-order chi connectivity index (χ0) is 14.7. The number of hydrogen-bond acceptors (Lipinski definition) is 5. The molecule has 1 aliphatic carbocycles. The van der Waals surface area contributed by atoms with E-state index < -0.39 is 0 Å². The van der Waals surface area contributed by atoms with E-state index in [0.29, 0.717) is 24.8 Å². The summed E-state index contributed by atoms with van der Waals surface area (Å²) in [4.78, 5) is 17.6. The standard InChI is InChI=1S/C15H22N2O3S/c18-8-12(10-4-2-1-3-5-10)17-14(19)11-6-7-20-15-13(11)21-9-16-15/h9-12,18H,1-8H2,(H,17,19)/t11?,12-/m1/s1. The molecule has 2 N–H and O–H groups in total. The Morgan fingerprint density at radius 1 is 1.43 bits per heavy atom. The third-order valence-corrected chi connectivity index (χ3v) is 5.51. The molecule has 3 rings (SSSR count). The molecule has 2 aliphatic rings. The van der Waals surface area contributed by atoms with Crippen LogP contribution in [0.1, 0.15) is 49.3 Å². The van der Waals surface area contributed by atoms with Crippen LogP contribution in [0.25, 0.3) is 0 Å². The van der Waals surface area contributed by atoms with Gasteiger partial charge in [-0.05, 0) is 25.2 Å². The third kappa shape index (κ3) is 3.21. The molecule has 0 radical (unpaired) electrons. The Morgan fingerprint density at radius 2 is 2.24 bits per heavy atom. The number of thiazole rings is 1. The highest BCUT2D eigenvalue weighted by Crippen LogP contribution is 2.36. The molecule has 5 nitrogen and oxygen atoms in total. The lowest BCUT2D eigenvalue weighted by atomic mass is 9.84. The van der Waals surface area contributed by atoms with E-state index in [2.05, 4.69) is 10.3 Å². The van der Waals surface area contributed by atoms with E-state index >= 15 is 0 Å². The first-order valence-electron chi connectivity index (χ1n) is 7.77. The average molecular weight is 310 g/mol. The number of fused-ring (bicyclic) bond motifs is 1. The number of ether oxygens (including phenoxy) is 1. The maximum atomic E-state index is 12.6. The van der Waals surface area contributed by atoms with E-state index in [-0.39, 0.29) is 24.5 Å². The van der Waals surface area contributed by atoms with Crippen molar-refractivity contribution in [3.05, 3.63) is 10.4 Å². The minimum atomic E-state index is -0.182. The Morgan fingerprint density at radius 3 is 3.00 bits per heavy atom. The van der Waals surface area contributed by atoms with Gasteiger partial charge in [-0.1, -0.05) is 19.3 Å². The number of rotatable bonds is 4. The van der Waals surface area contributed by atoms with Crippen LogP contribution in [0.5, 0.6) is 5.88 Å². The molecule has 1 aromatic heterocycles. The fraction of sp³-hybridized carbons (Fsp3) is 0.733. The molecule has 0 saturated heterocycles. The van der Waals surface area contributed by atoms with E-state index in [1.54, 1.807) is 5.51 Å². The molecule has 1 unspecified atom stereocenters. The van der Waals surface area contributed by atoms with Crippen LogP contribution in [0.4, 0.5) is 0 Å². The van der Waals surface area contributed by atoms with Gasteiger partial charge in [-0.2, -0.15) is 0 Å². The van der Waals surface area contributed by atoms with Crippen molar-refractivity contribution in [3.63, 3.8) is 0 Å². The molecular formula is C15H22N2O3S. The lowest BCUT2D eigenvalue weighted by molar-refractivity contribution is -0.124. The van der Waals surface area contributed by atoms with Gasteiger partial charge in [0.1, 0.15) is 0 Å². The second-order valence-electron chi connectivity index (χ2n) is 5.91. The molecule has 1 aromatic rings. The lowest BCUT2D eigenvalue weighted by Crippen LogP contribution is -2.46. The highest BCUT2D eigenvalue weighted by atomic mass is 32.1. The van der Waals surface area contributed by atoms with Crippen LogP contribution in [-0.4, -0.2) is 35.3 Å². The quantitative estimate of drug-likeness (QED) is 0.893. The molecule has 21 heavy (non-hydrogen) atoms. The predicted octanol–water partition coefficient (Wildman–Crippen LogP) is 2.07. The van der Waals surface area contributed by atoms with Crippen molar-refractivity contribution in [2.24, 2.45) is 5.92 Å². The lowest BCUT2D eigenvalue weighted by Gasteiger charge is -2.31. The fourth-order valence-electron chi connectivity index (χ4n) is 3.37. The summed E-state index contributed by atoms with van der Waals surface area (Å²) < 4.78 is 5.46. The topological polar surface area (TPSA) is 71.5 Å². The largest absolute Gasteiger partial charge is 0.477 e. The van der Waals surface area contributed by atoms with Gasteiger partial charge in [0.25, 0.3) is 0 Å². The highest BCUT2D eigenvalue weighted by molar-refractivity contribution is 7.10. The van der Waals surface area contributed by atoms with Gasteiger partial charge >= 0.3 is 0 Å². The molecule has 1 fully saturated rings. The second-order valence-corrected chi connectivity index (χ2v) is 6.79. The van der Waals surface area contributed by atoms with Gasteiger partial charge < -0.3 is 15.2 Å². The van der Waals surface area contributed by atoms with Crippen LogP contribution in [0, 0.1) is 5.92 Å². The number of carbonyl (C=O) groups excluding carboxylic acids is 1. The van der Waals surface area contributed by atoms with Crippen molar-refractivity contribution < 1.29 is 14.6 Å². The zero-order valence-corrected chi connectivity index (χ0v) is 12.9. The summed E-state index contributed by atoms with van der Waals surface area (Å²) in [7, 11) is 0. The maximum Gasteiger partial charge on any atom is 0.229 e. The van der Waals surface area contributed by atoms with Gasteiger partial charge in [-0.3, -0.25) is 4.79 Å². The minimum absolute atomic E-state index is 0.00780. The third-order valence-electron chi connectivity index (χ3n) is 4.58. The number of amides is 1. The van der Waals surface area contributed by atoms with Crippen LogP contribution in [0.2, 0.25) is 0 Å². The molecule has 0 aromatic carbocycles. The first-order valence-corrected chi connectivity index (χ1v) is 8.65. The fourth-order valence-corrected chi connectivity index (χ4v) is 4.24. The zero-order valence-electron chi connectivity index (χ0n) is 12.1. The average Bonchev–Trinajstić information content (AvgIpc) is 3.01. The summed E-state index contributed by atoms with van der Waals surface area (Å²) in [5, 5.41) is 12.7. The molecular weight excluding hydrogens is 288 g/mol. The summed E-state index contributed by atoms with van der Waals surface area (Å²) in [5.74, 6) is 0.838. The minimum Gasteiger partial charge on any atom is -0.477 e. The van der Waals surface area contributed by atoms with E-state index in [1.165, 1.54) is 30.6 Å². The summed E-state index contributed by atoms with van der Waals surface area (Å²) in [6.45, 7) is 0.553. The number of aromatic nitrogens is 1. The Balaban J connectivity index is 1.65. The number of hydrogen-bond donors (Lipinski definition) is 2. The monoisotopic (exact) mass is 310 g/mol. The SMILES string of the molecule is O=C(N[C@H](CO)C1CCCCC1)C1CCOc2ncsc21. The number of aliphatic hydroxyl groups is 1. The highest BCUT2D eigenvalue weighted by Gasteiger charge is 2.33. The van der Waals surface area contributed by atoms with E-state index in [9.17, 15) is 9.90 Å². The molecule has 1 aliphatic heterocycles. The van der Waals surface area contributed by atoms with Crippen LogP contribution in [0.3, 0.4) is 0 Å². The Labute approximate surface area is 128 Å². The smallest absolute Gasteiger partial charge is 0.229 e. The van der Waals surface area contributed by atoms with E-state index in [0.717, 1.165) is 17.7 Å². The van der Waals surface area contributed by atoms with Crippen molar-refractivity contribution in [1.29, 1.82) is 0 Å². The number of nitrogens with zero attached hydrogens (tertiary/aromatic N) is 1.